The number of ether oxygens (including phenoxy) is 4. The number of rotatable bonds is 8. The van der Waals surface area contributed by atoms with Crippen LogP contribution in [-0.2, 0) is 4.74 Å². The first kappa shape index (κ1) is 23.2. The molecule has 1 N–H and O–H groups in total. The van der Waals surface area contributed by atoms with Crippen LogP contribution in [0.1, 0.15) is 11.1 Å². The summed E-state index contributed by atoms with van der Waals surface area (Å²) in [5.74, 6) is 2.86. The van der Waals surface area contributed by atoms with E-state index in [1.165, 1.54) is 0 Å². The van der Waals surface area contributed by atoms with Gasteiger partial charge < -0.3 is 24.3 Å². The molecule has 2 aromatic carbocycles. The maximum absolute atomic E-state index is 6.07. The Hall–Kier alpha value is -3.56. The van der Waals surface area contributed by atoms with Crippen molar-refractivity contribution in [3.05, 3.63) is 47.9 Å². The van der Waals surface area contributed by atoms with E-state index in [4.69, 9.17) is 23.9 Å². The van der Waals surface area contributed by atoms with Crippen LogP contribution in [0.3, 0.4) is 0 Å². The molecule has 3 heterocycles. The number of methoxy groups -OCH3 is 2. The lowest BCUT2D eigenvalue weighted by Gasteiger charge is -2.26. The fourth-order valence-electron chi connectivity index (χ4n) is 4.51. The third-order valence-electron chi connectivity index (χ3n) is 6.38. The van der Waals surface area contributed by atoms with Crippen LogP contribution in [0.25, 0.3) is 16.6 Å². The fraction of sp³-hybridized carbons (Fsp3) is 0.385. The van der Waals surface area contributed by atoms with Crippen LogP contribution >= 0.6 is 0 Å². The van der Waals surface area contributed by atoms with Crippen molar-refractivity contribution in [2.75, 3.05) is 59.0 Å². The lowest BCUT2D eigenvalue weighted by Crippen LogP contribution is -2.38. The average molecular weight is 478 g/mol. The second kappa shape index (κ2) is 9.97. The molecule has 5 rings (SSSR count). The van der Waals surface area contributed by atoms with Crippen molar-refractivity contribution in [1.82, 2.24) is 19.3 Å². The molecule has 0 aliphatic carbocycles. The van der Waals surface area contributed by atoms with Crippen molar-refractivity contribution < 1.29 is 18.9 Å². The van der Waals surface area contributed by atoms with Crippen molar-refractivity contribution in [3.63, 3.8) is 0 Å². The first-order valence-corrected chi connectivity index (χ1v) is 11.8. The summed E-state index contributed by atoms with van der Waals surface area (Å²) < 4.78 is 24.4. The minimum Gasteiger partial charge on any atom is -0.493 e. The van der Waals surface area contributed by atoms with Gasteiger partial charge in [0, 0.05) is 37.5 Å². The molecule has 0 amide bonds. The number of benzene rings is 2. The van der Waals surface area contributed by atoms with Gasteiger partial charge in [-0.3, -0.25) is 9.30 Å². The molecule has 0 atom stereocenters. The van der Waals surface area contributed by atoms with Gasteiger partial charge in [0.1, 0.15) is 17.9 Å². The Bertz CT molecular complexity index is 1320. The van der Waals surface area contributed by atoms with Crippen LogP contribution < -0.4 is 19.5 Å². The highest BCUT2D eigenvalue weighted by molar-refractivity contribution is 5.88. The van der Waals surface area contributed by atoms with E-state index in [1.807, 2.05) is 16.5 Å². The van der Waals surface area contributed by atoms with Crippen molar-refractivity contribution >= 4 is 28.1 Å². The normalized spacial score (nSPS) is 14.4. The number of anilines is 2. The second-order valence-electron chi connectivity index (χ2n) is 8.66. The topological polar surface area (TPSA) is 82.4 Å². The second-order valence-corrected chi connectivity index (χ2v) is 8.66. The van der Waals surface area contributed by atoms with E-state index in [1.54, 1.807) is 26.7 Å². The molecule has 2 aromatic heterocycles. The van der Waals surface area contributed by atoms with Gasteiger partial charge in [0.25, 0.3) is 0 Å². The predicted octanol–water partition coefficient (Wildman–Crippen LogP) is 3.97. The maximum atomic E-state index is 6.07. The number of hydrogen-bond donors (Lipinski definition) is 1. The molecular weight excluding hydrogens is 446 g/mol. The predicted molar refractivity (Wildman–Crippen MR) is 136 cm³/mol. The Morgan fingerprint density at radius 3 is 2.40 bits per heavy atom. The third kappa shape index (κ3) is 4.69. The van der Waals surface area contributed by atoms with Crippen LogP contribution in [0, 0.1) is 13.8 Å². The van der Waals surface area contributed by atoms with Gasteiger partial charge in [-0.05, 0) is 37.1 Å². The van der Waals surface area contributed by atoms with Gasteiger partial charge in [0.05, 0.1) is 51.0 Å². The maximum Gasteiger partial charge on any atom is 0.163 e. The van der Waals surface area contributed by atoms with E-state index in [2.05, 4.69) is 41.2 Å². The SMILES string of the molecule is COc1cc2nc(Nc3c(C)cc(OCCN4CCOCC4)cc3C)c3cncn3c2cc1OC. The summed E-state index contributed by atoms with van der Waals surface area (Å²) in [5, 5.41) is 3.54. The van der Waals surface area contributed by atoms with Crippen LogP contribution in [0.4, 0.5) is 11.5 Å². The number of aromatic nitrogens is 3. The Labute approximate surface area is 204 Å². The Morgan fingerprint density at radius 2 is 1.69 bits per heavy atom. The van der Waals surface area contributed by atoms with Crippen molar-refractivity contribution in [3.8, 4) is 17.2 Å². The molecule has 9 heteroatoms. The Balaban J connectivity index is 1.41. The van der Waals surface area contributed by atoms with Gasteiger partial charge in [-0.2, -0.15) is 0 Å². The zero-order chi connectivity index (χ0) is 24.4. The average Bonchev–Trinajstić information content (AvgIpc) is 3.36. The van der Waals surface area contributed by atoms with Crippen LogP contribution in [0.5, 0.6) is 17.2 Å². The highest BCUT2D eigenvalue weighted by Gasteiger charge is 2.16. The molecule has 184 valence electrons. The van der Waals surface area contributed by atoms with Gasteiger partial charge in [-0.1, -0.05) is 0 Å². The van der Waals surface area contributed by atoms with Crippen molar-refractivity contribution in [2.45, 2.75) is 13.8 Å². The van der Waals surface area contributed by atoms with Crippen LogP contribution in [-0.4, -0.2) is 72.9 Å². The van der Waals surface area contributed by atoms with Crippen LogP contribution in [0.15, 0.2) is 36.8 Å². The van der Waals surface area contributed by atoms with E-state index in [0.29, 0.717) is 18.1 Å². The fourth-order valence-corrected chi connectivity index (χ4v) is 4.51. The van der Waals surface area contributed by atoms with Gasteiger partial charge in [0.15, 0.2) is 17.3 Å². The Kier molecular flexibility index (Phi) is 6.61. The quantitative estimate of drug-likeness (QED) is 0.408. The molecule has 0 bridgehead atoms. The summed E-state index contributed by atoms with van der Waals surface area (Å²) in [4.78, 5) is 11.6. The summed E-state index contributed by atoms with van der Waals surface area (Å²) in [7, 11) is 3.25. The number of nitrogens with zero attached hydrogens (tertiary/aromatic N) is 4. The zero-order valence-corrected chi connectivity index (χ0v) is 20.6. The van der Waals surface area contributed by atoms with Gasteiger partial charge in [-0.25, -0.2) is 9.97 Å². The molecule has 1 aliphatic rings. The number of hydrogen-bond acceptors (Lipinski definition) is 8. The molecule has 0 radical (unpaired) electrons. The standard InChI is InChI=1S/C26H31N5O4/c1-17-11-19(35-10-7-30-5-8-34-9-6-30)12-18(2)25(17)29-26-22-15-27-16-31(22)21-14-24(33-4)23(32-3)13-20(21)28-26/h11-16H,5-10H2,1-4H3,(H,28,29). The highest BCUT2D eigenvalue weighted by atomic mass is 16.5. The minimum absolute atomic E-state index is 0.629. The summed E-state index contributed by atoms with van der Waals surface area (Å²) in [5.41, 5.74) is 5.69. The van der Waals surface area contributed by atoms with Crippen molar-refractivity contribution in [2.24, 2.45) is 0 Å². The molecule has 1 saturated heterocycles. The summed E-state index contributed by atoms with van der Waals surface area (Å²) in [6.07, 6.45) is 3.58. The molecular formula is C26H31N5O4. The molecule has 0 spiro atoms. The molecule has 1 fully saturated rings. The van der Waals surface area contributed by atoms with Gasteiger partial charge in [0.2, 0.25) is 0 Å². The monoisotopic (exact) mass is 477 g/mol. The number of nitrogens with one attached hydrogen (secondary N) is 1. The zero-order valence-electron chi connectivity index (χ0n) is 20.6. The molecule has 0 unspecified atom stereocenters. The Morgan fingerprint density at radius 1 is 0.971 bits per heavy atom. The van der Waals surface area contributed by atoms with Gasteiger partial charge in [-0.15, -0.1) is 0 Å². The lowest BCUT2D eigenvalue weighted by molar-refractivity contribution is 0.0322. The minimum atomic E-state index is 0.629. The van der Waals surface area contributed by atoms with Gasteiger partial charge >= 0.3 is 0 Å². The van der Waals surface area contributed by atoms with E-state index >= 15 is 0 Å². The van der Waals surface area contributed by atoms with E-state index in [9.17, 15) is 0 Å². The molecule has 35 heavy (non-hydrogen) atoms. The van der Waals surface area contributed by atoms with E-state index in [-0.39, 0.29) is 0 Å². The highest BCUT2D eigenvalue weighted by Crippen LogP contribution is 2.35. The summed E-state index contributed by atoms with van der Waals surface area (Å²) in [6, 6.07) is 7.93. The first-order valence-electron chi connectivity index (χ1n) is 11.8. The number of morpholine rings is 1. The smallest absolute Gasteiger partial charge is 0.163 e. The first-order chi connectivity index (χ1) is 17.1. The van der Waals surface area contributed by atoms with Crippen LogP contribution in [0.2, 0.25) is 0 Å². The number of aryl methyl sites for hydroxylation is 2. The largest absolute Gasteiger partial charge is 0.493 e. The third-order valence-corrected chi connectivity index (χ3v) is 6.38. The molecule has 4 aromatic rings. The number of fused-ring (bicyclic) bond motifs is 3. The van der Waals surface area contributed by atoms with E-state index in [0.717, 1.165) is 77.8 Å². The van der Waals surface area contributed by atoms with Crippen molar-refractivity contribution in [1.29, 1.82) is 0 Å². The molecule has 9 nitrogen and oxygen atoms in total. The lowest BCUT2D eigenvalue weighted by atomic mass is 10.1. The molecule has 0 saturated carbocycles. The summed E-state index contributed by atoms with van der Waals surface area (Å²) >= 11 is 0. The summed E-state index contributed by atoms with van der Waals surface area (Å²) in [6.45, 7) is 9.22. The van der Waals surface area contributed by atoms with E-state index < -0.39 is 0 Å². The molecule has 1 aliphatic heterocycles. The number of imidazole rings is 1.